The van der Waals surface area contributed by atoms with E-state index in [-0.39, 0.29) is 107 Å². The second-order valence-electron chi connectivity index (χ2n) is 21.4. The van der Waals surface area contributed by atoms with Crippen LogP contribution >= 0.6 is 57.4 Å². The van der Waals surface area contributed by atoms with E-state index in [0.717, 1.165) is 28.8 Å². The summed E-state index contributed by atoms with van der Waals surface area (Å²) in [5.41, 5.74) is 3.40. The maximum Gasteiger partial charge on any atom is 0.405 e. The number of hydrogen-bond acceptors (Lipinski definition) is 25. The zero-order valence-corrected chi connectivity index (χ0v) is 53.5. The van der Waals surface area contributed by atoms with Gasteiger partial charge in [-0.25, -0.2) is 4.98 Å². The van der Waals surface area contributed by atoms with Gasteiger partial charge < -0.3 is 87.4 Å². The number of furan rings is 1. The molecule has 6 heterocycles. The second-order valence-corrected chi connectivity index (χ2v) is 23.6. The minimum absolute atomic E-state index is 0.00208. The van der Waals surface area contributed by atoms with Crippen molar-refractivity contribution in [2.75, 3.05) is 71.4 Å². The van der Waals surface area contributed by atoms with Crippen molar-refractivity contribution in [2.24, 2.45) is 17.8 Å². The van der Waals surface area contributed by atoms with E-state index in [0.29, 0.717) is 15.6 Å². The fraction of sp³-hybridized carbons (Fsp3) is 0.527. The Balaban J connectivity index is 0.000000209. The van der Waals surface area contributed by atoms with Gasteiger partial charge in [0.2, 0.25) is 17.8 Å². The molecule has 12 atom stereocenters. The first-order valence-corrected chi connectivity index (χ1v) is 30.3. The fourth-order valence-electron chi connectivity index (χ4n) is 9.69. The molecule has 0 spiro atoms. The monoisotopic (exact) mass is 1500 g/mol. The Labute approximate surface area is 552 Å². The van der Waals surface area contributed by atoms with Crippen LogP contribution in [0.3, 0.4) is 0 Å². The Kier molecular flexibility index (Phi) is 26.9. The standard InChI is InChI=1S/C21H23ClF3N5O4.C14H16ClF3N4O3.C12H15ClF3IN4O3.C8H11NO/c1-2-11-3-9-5-13(34-14(9)6-26-11)15-18(22)29-20(27-8-21(23,24)25)30-19(15)28-12-4-10(7-31)16(32)17(12)33;1-2-7-11(15)21-13(19-5-14(16,17)18)22-12(7)20-8-3-6(4-23)9(24)10(8)25;13-9-6(17)10(21-11(20-9)18-3-12(14,15)16)19-5-1-4(2-22)7(23)8(5)24;1-3-7-4-6(2)8(10)5-9-7/h3,5-6,10,12,16-17,31-33H,2,4,7-8H2,1H3,(H2,27,28,29,30);1,6,8-10,23-25H,3-5H2,(H2,19,20,21,22);4-5,7-8,22-24H,1-3H2,(H2,18,19,20,21);4-5,10H,3H2,1-2H3/t10-,12-,16-,17+;6-,8-,9-,10+;4-,5-,7-,8+;/m111./s1. The van der Waals surface area contributed by atoms with Crippen LogP contribution in [0.4, 0.5) is 74.8 Å². The number of nitrogens with one attached hydrogen (secondary N) is 6. The number of halogens is 13. The van der Waals surface area contributed by atoms with Crippen LogP contribution < -0.4 is 31.9 Å². The third-order valence-corrected chi connectivity index (χ3v) is 16.8. The van der Waals surface area contributed by atoms with E-state index in [1.165, 1.54) is 6.20 Å². The summed E-state index contributed by atoms with van der Waals surface area (Å²) in [7, 11) is 0. The molecular weight excluding hydrogens is 1440 g/mol. The Morgan fingerprint density at radius 3 is 1.39 bits per heavy atom. The third-order valence-electron chi connectivity index (χ3n) is 14.7. The van der Waals surface area contributed by atoms with Crippen molar-refractivity contribution in [3.63, 3.8) is 0 Å². The van der Waals surface area contributed by atoms with Crippen LogP contribution in [0.5, 0.6) is 5.75 Å². The van der Waals surface area contributed by atoms with Gasteiger partial charge in [0.25, 0.3) is 0 Å². The van der Waals surface area contributed by atoms with Crippen molar-refractivity contribution in [1.29, 1.82) is 0 Å². The summed E-state index contributed by atoms with van der Waals surface area (Å²) < 4.78 is 118. The van der Waals surface area contributed by atoms with Crippen LogP contribution in [0, 0.1) is 40.6 Å². The first kappa shape index (κ1) is 75.9. The highest BCUT2D eigenvalue weighted by Gasteiger charge is 2.44. The van der Waals surface area contributed by atoms with Crippen molar-refractivity contribution in [3.8, 4) is 29.4 Å². The lowest BCUT2D eigenvalue weighted by Crippen LogP contribution is -2.36. The summed E-state index contributed by atoms with van der Waals surface area (Å²) in [6, 6.07) is 3.31. The van der Waals surface area contributed by atoms with Gasteiger partial charge in [0.15, 0.2) is 10.7 Å². The molecular formula is C55H65Cl3F9IN14O11. The van der Waals surface area contributed by atoms with Gasteiger partial charge in [-0.2, -0.15) is 64.4 Å². The number of anilines is 6. The summed E-state index contributed by atoms with van der Waals surface area (Å²) in [6.45, 7) is 0.830. The van der Waals surface area contributed by atoms with Crippen LogP contribution in [0.25, 0.3) is 22.3 Å². The molecule has 6 aromatic heterocycles. The van der Waals surface area contributed by atoms with Gasteiger partial charge in [-0.05, 0) is 85.4 Å². The zero-order chi connectivity index (χ0) is 69.0. The molecule has 3 fully saturated rings. The lowest BCUT2D eigenvalue weighted by Gasteiger charge is -2.21. The minimum atomic E-state index is -4.51. The SMILES string of the molecule is C#Cc1c(Cl)nc(NCC(F)(F)F)nc1N[C@@H]1C[C@H](CO)[C@@H](O)[C@H]1O.CCc1cc(C)c(O)cn1.CCc1cc2cc(-c3c(Cl)nc(NCC(F)(F)F)nc3N[C@@H]3C[C@H](CO)[C@@H](O)[C@H]3O)oc2cn1.OC[C@H]1C[C@@H](Nc2nc(NCC(F)(F)F)nc(Cl)c2I)[C@H](O)[C@@H]1O. The number of alkyl halides is 9. The molecule has 0 aliphatic heterocycles. The molecule has 0 bridgehead atoms. The average Bonchev–Trinajstić information content (AvgIpc) is 1.72. The predicted octanol–water partition coefficient (Wildman–Crippen LogP) is 6.47. The van der Waals surface area contributed by atoms with E-state index in [2.05, 4.69) is 67.1 Å². The summed E-state index contributed by atoms with van der Waals surface area (Å²) in [5.74, 6) is 0.0962. The lowest BCUT2D eigenvalue weighted by atomic mass is 10.1. The Hall–Kier alpha value is -6.15. The number of nitrogens with zero attached hydrogens (tertiary/aromatic N) is 8. The predicted molar refractivity (Wildman–Crippen MR) is 332 cm³/mol. The van der Waals surface area contributed by atoms with Crippen LogP contribution in [0.1, 0.15) is 55.6 Å². The molecule has 0 aromatic carbocycles. The highest BCUT2D eigenvalue weighted by Crippen LogP contribution is 2.40. The molecule has 38 heteroatoms. The van der Waals surface area contributed by atoms with Crippen LogP contribution in [-0.4, -0.2) is 204 Å². The molecule has 25 nitrogen and oxygen atoms in total. The number of aromatic nitrogens is 8. The topological polar surface area (TPSA) is 391 Å². The highest BCUT2D eigenvalue weighted by molar-refractivity contribution is 14.1. The maximum absolute atomic E-state index is 12.7. The normalized spacial score (nSPS) is 23.6. The Morgan fingerprint density at radius 1 is 0.570 bits per heavy atom. The highest BCUT2D eigenvalue weighted by atomic mass is 127. The fourth-order valence-corrected chi connectivity index (χ4v) is 10.7. The molecule has 16 N–H and O–H groups in total. The third kappa shape index (κ3) is 20.9. The molecule has 0 radical (unpaired) electrons. The Morgan fingerprint density at radius 2 is 0.968 bits per heavy atom. The number of hydrogen-bond donors (Lipinski definition) is 16. The summed E-state index contributed by atoms with van der Waals surface area (Å²) in [4.78, 5) is 31.5. The Bertz CT molecular complexity index is 3520. The van der Waals surface area contributed by atoms with Gasteiger partial charge >= 0.3 is 18.5 Å². The van der Waals surface area contributed by atoms with Crippen molar-refractivity contribution in [2.45, 2.75) is 126 Å². The van der Waals surface area contributed by atoms with Gasteiger partial charge in [0, 0.05) is 54.3 Å². The summed E-state index contributed by atoms with van der Waals surface area (Å²) in [5, 5.41) is 112. The van der Waals surface area contributed by atoms with Gasteiger partial charge in [-0.15, -0.1) is 6.42 Å². The molecule has 0 unspecified atom stereocenters. The number of aliphatic hydroxyl groups excluding tert-OH is 9. The average molecular weight is 1500 g/mol. The first-order valence-electron chi connectivity index (χ1n) is 28.1. The van der Waals surface area contributed by atoms with Crippen LogP contribution in [0.15, 0.2) is 35.0 Å². The van der Waals surface area contributed by atoms with Crippen molar-refractivity contribution in [1.82, 2.24) is 39.9 Å². The molecule has 6 aromatic rings. The maximum atomic E-state index is 12.7. The number of aliphatic hydroxyl groups is 9. The van der Waals surface area contributed by atoms with Gasteiger partial charge in [-0.1, -0.05) is 54.6 Å². The van der Waals surface area contributed by atoms with E-state index < -0.39 is 117 Å². The van der Waals surface area contributed by atoms with Crippen molar-refractivity contribution >= 4 is 104 Å². The van der Waals surface area contributed by atoms with Gasteiger partial charge in [-0.3, -0.25) is 9.97 Å². The van der Waals surface area contributed by atoms with E-state index >= 15 is 0 Å². The van der Waals surface area contributed by atoms with E-state index in [1.807, 2.05) is 66.1 Å². The number of aryl methyl sites for hydroxylation is 3. The van der Waals surface area contributed by atoms with Crippen LogP contribution in [0.2, 0.25) is 15.5 Å². The molecule has 0 amide bonds. The molecule has 512 valence electrons. The molecule has 93 heavy (non-hydrogen) atoms. The number of fused-ring (bicyclic) bond motifs is 1. The summed E-state index contributed by atoms with van der Waals surface area (Å²) in [6.07, 6.45) is -9.83. The zero-order valence-electron chi connectivity index (χ0n) is 49.0. The number of terminal acetylenes is 1. The molecule has 0 saturated heterocycles. The van der Waals surface area contributed by atoms with E-state index in [9.17, 15) is 80.4 Å². The van der Waals surface area contributed by atoms with Crippen molar-refractivity contribution < 1.29 is 95.0 Å². The van der Waals surface area contributed by atoms with E-state index in [4.69, 9.17) is 55.9 Å². The largest absolute Gasteiger partial charge is 0.506 e. The lowest BCUT2D eigenvalue weighted by molar-refractivity contribution is -0.116. The number of pyridine rings is 2. The molecule has 9 rings (SSSR count). The van der Waals surface area contributed by atoms with Crippen LogP contribution in [-0.2, 0) is 12.8 Å². The molecule has 3 aliphatic rings. The summed E-state index contributed by atoms with van der Waals surface area (Å²) >= 11 is 20.0. The van der Waals surface area contributed by atoms with Crippen molar-refractivity contribution in [3.05, 3.63) is 72.1 Å². The quantitative estimate of drug-likeness (QED) is 0.0190. The first-order chi connectivity index (χ1) is 43.6. The molecule has 3 aliphatic carbocycles. The molecule has 3 saturated carbocycles. The van der Waals surface area contributed by atoms with E-state index in [1.54, 1.807) is 12.3 Å². The van der Waals surface area contributed by atoms with Gasteiger partial charge in [0.1, 0.15) is 82.8 Å². The number of aromatic hydroxyl groups is 1. The second kappa shape index (κ2) is 33.0. The smallest absolute Gasteiger partial charge is 0.405 e. The minimum Gasteiger partial charge on any atom is -0.506 e. The van der Waals surface area contributed by atoms with Gasteiger partial charge in [0.05, 0.1) is 58.0 Å². The number of rotatable bonds is 18.